The molecule has 2 aromatic rings. The van der Waals surface area contributed by atoms with E-state index < -0.39 is 0 Å². The minimum Gasteiger partial charge on any atom is -0.507 e. The van der Waals surface area contributed by atoms with Gasteiger partial charge in [-0.15, -0.1) is 0 Å². The average Bonchev–Trinajstić information content (AvgIpc) is 3.38. The number of anilines is 1. The summed E-state index contributed by atoms with van der Waals surface area (Å²) in [5.74, 6) is 1.33. The van der Waals surface area contributed by atoms with E-state index >= 15 is 0 Å². The Morgan fingerprint density at radius 1 is 1.35 bits per heavy atom. The molecule has 0 amide bonds. The molecule has 1 atom stereocenters. The first-order valence-electron chi connectivity index (χ1n) is 9.34. The zero-order valence-corrected chi connectivity index (χ0v) is 15.2. The first-order valence-corrected chi connectivity index (χ1v) is 9.34. The van der Waals surface area contributed by atoms with Crippen LogP contribution in [0.4, 0.5) is 5.95 Å². The van der Waals surface area contributed by atoms with Crippen molar-refractivity contribution in [3.8, 4) is 22.8 Å². The summed E-state index contributed by atoms with van der Waals surface area (Å²) in [4.78, 5) is 8.83. The van der Waals surface area contributed by atoms with Crippen LogP contribution >= 0.6 is 0 Å². The largest absolute Gasteiger partial charge is 0.507 e. The van der Waals surface area contributed by atoms with Gasteiger partial charge in [0.25, 0.3) is 0 Å². The molecule has 4 rings (SSSR count). The third-order valence-corrected chi connectivity index (χ3v) is 5.42. The van der Waals surface area contributed by atoms with E-state index in [0.29, 0.717) is 29.5 Å². The molecule has 6 heteroatoms. The number of ether oxygens (including phenoxy) is 1. The van der Waals surface area contributed by atoms with Gasteiger partial charge in [0.1, 0.15) is 11.5 Å². The van der Waals surface area contributed by atoms with E-state index in [-0.39, 0.29) is 17.1 Å². The van der Waals surface area contributed by atoms with Crippen LogP contribution in [0.3, 0.4) is 0 Å². The average molecular weight is 354 g/mol. The molecule has 26 heavy (non-hydrogen) atoms. The molecule has 1 unspecified atom stereocenters. The van der Waals surface area contributed by atoms with Crippen LogP contribution in [0.15, 0.2) is 24.3 Å². The maximum atomic E-state index is 10.5. The number of rotatable bonds is 5. The van der Waals surface area contributed by atoms with Gasteiger partial charge in [-0.2, -0.15) is 0 Å². The van der Waals surface area contributed by atoms with Crippen molar-refractivity contribution in [2.45, 2.75) is 38.5 Å². The fourth-order valence-corrected chi connectivity index (χ4v) is 3.43. The number of nitrogen functional groups attached to an aromatic ring is 1. The molecule has 4 N–H and O–H groups in total. The fourth-order valence-electron chi connectivity index (χ4n) is 3.43. The van der Waals surface area contributed by atoms with Gasteiger partial charge in [-0.1, -0.05) is 13.0 Å². The van der Waals surface area contributed by atoms with Gasteiger partial charge >= 0.3 is 0 Å². The number of nitrogens with one attached hydrogen (secondary N) is 1. The maximum absolute atomic E-state index is 10.5. The predicted octanol–water partition coefficient (Wildman–Crippen LogP) is 3.08. The summed E-state index contributed by atoms with van der Waals surface area (Å²) in [6.45, 7) is 4.79. The molecule has 0 bridgehead atoms. The van der Waals surface area contributed by atoms with E-state index in [2.05, 4.69) is 22.2 Å². The number of hydrogen-bond donors (Lipinski definition) is 3. The Labute approximate surface area is 153 Å². The van der Waals surface area contributed by atoms with Crippen LogP contribution in [0.5, 0.6) is 11.5 Å². The number of nitrogens with two attached hydrogens (primary N) is 1. The second-order valence-electron chi connectivity index (χ2n) is 7.83. The first kappa shape index (κ1) is 17.1. The second-order valence-corrected chi connectivity index (χ2v) is 7.83. The summed E-state index contributed by atoms with van der Waals surface area (Å²) in [6.07, 6.45) is 4.56. The van der Waals surface area contributed by atoms with Crippen molar-refractivity contribution in [1.29, 1.82) is 0 Å². The molecule has 0 spiro atoms. The van der Waals surface area contributed by atoms with Gasteiger partial charge in [0.2, 0.25) is 5.95 Å². The van der Waals surface area contributed by atoms with Gasteiger partial charge < -0.3 is 20.9 Å². The highest BCUT2D eigenvalue weighted by Gasteiger charge is 2.38. The van der Waals surface area contributed by atoms with Gasteiger partial charge in [-0.05, 0) is 50.4 Å². The third-order valence-electron chi connectivity index (χ3n) is 5.42. The molecule has 0 radical (unpaired) electrons. The Bertz CT molecular complexity index is 798. The first-order chi connectivity index (χ1) is 12.5. The monoisotopic (exact) mass is 354 g/mol. The molecule has 1 aliphatic carbocycles. The maximum Gasteiger partial charge on any atom is 0.220 e. The molecule has 2 aliphatic rings. The van der Waals surface area contributed by atoms with E-state index in [1.165, 1.54) is 12.8 Å². The van der Waals surface area contributed by atoms with Gasteiger partial charge in [-0.25, -0.2) is 9.97 Å². The summed E-state index contributed by atoms with van der Waals surface area (Å²) >= 11 is 0. The van der Waals surface area contributed by atoms with Gasteiger partial charge in [0, 0.05) is 17.9 Å². The highest BCUT2D eigenvalue weighted by atomic mass is 16.5. The summed E-state index contributed by atoms with van der Waals surface area (Å²) in [7, 11) is 0. The minimum atomic E-state index is 0.147. The Kier molecular flexibility index (Phi) is 4.44. The van der Waals surface area contributed by atoms with E-state index in [0.717, 1.165) is 31.6 Å². The van der Waals surface area contributed by atoms with Crippen molar-refractivity contribution in [2.24, 2.45) is 5.41 Å². The second kappa shape index (κ2) is 6.76. The molecule has 1 aromatic heterocycles. The zero-order chi connectivity index (χ0) is 18.1. The van der Waals surface area contributed by atoms with Crippen molar-refractivity contribution in [3.63, 3.8) is 0 Å². The number of piperidine rings is 1. The van der Waals surface area contributed by atoms with Gasteiger partial charge in [-0.3, -0.25) is 0 Å². The van der Waals surface area contributed by atoms with Crippen LogP contribution in [0.1, 0.15) is 44.2 Å². The fraction of sp³-hybridized carbons (Fsp3) is 0.500. The number of phenolic OH excluding ortho intramolecular Hbond substituents is 1. The van der Waals surface area contributed by atoms with E-state index in [1.807, 2.05) is 12.1 Å². The van der Waals surface area contributed by atoms with E-state index in [9.17, 15) is 5.11 Å². The van der Waals surface area contributed by atoms with Crippen LogP contribution in [0, 0.1) is 5.41 Å². The summed E-state index contributed by atoms with van der Waals surface area (Å²) in [5.41, 5.74) is 8.38. The lowest BCUT2D eigenvalue weighted by atomic mass is 9.94. The lowest BCUT2D eigenvalue weighted by Crippen LogP contribution is -2.29. The highest BCUT2D eigenvalue weighted by molar-refractivity contribution is 5.74. The third kappa shape index (κ3) is 3.60. The topological polar surface area (TPSA) is 93.3 Å². The normalized spacial score (nSPS) is 21.3. The van der Waals surface area contributed by atoms with Crippen LogP contribution < -0.4 is 15.8 Å². The molecular weight excluding hydrogens is 328 g/mol. The number of aromatic hydroxyl groups is 1. The predicted molar refractivity (Wildman–Crippen MR) is 101 cm³/mol. The summed E-state index contributed by atoms with van der Waals surface area (Å²) in [5, 5.41) is 13.9. The smallest absolute Gasteiger partial charge is 0.220 e. The molecule has 1 saturated carbocycles. The Morgan fingerprint density at radius 3 is 2.92 bits per heavy atom. The lowest BCUT2D eigenvalue weighted by Gasteiger charge is -2.23. The molecule has 2 fully saturated rings. The number of aromatic nitrogens is 2. The van der Waals surface area contributed by atoms with Crippen LogP contribution in [-0.4, -0.2) is 34.8 Å². The molecular formula is C20H26N4O2. The SMILES string of the molecule is CC1(COc2cccc(O)c2-c2cc(C3CCCNC3)nc(N)n2)CC1. The highest BCUT2D eigenvalue weighted by Crippen LogP contribution is 2.46. The van der Waals surface area contributed by atoms with Gasteiger partial charge in [0.05, 0.1) is 23.6 Å². The van der Waals surface area contributed by atoms with E-state index in [1.54, 1.807) is 12.1 Å². The molecule has 1 aliphatic heterocycles. The van der Waals surface area contributed by atoms with Crippen LogP contribution in [0.2, 0.25) is 0 Å². The minimum absolute atomic E-state index is 0.147. The Morgan fingerprint density at radius 2 is 2.19 bits per heavy atom. The number of hydrogen-bond acceptors (Lipinski definition) is 6. The molecule has 1 aromatic carbocycles. The number of benzene rings is 1. The van der Waals surface area contributed by atoms with Crippen LogP contribution in [0.25, 0.3) is 11.3 Å². The van der Waals surface area contributed by atoms with Crippen molar-refractivity contribution in [1.82, 2.24) is 15.3 Å². The standard InChI is InChI=1S/C20H26N4O2/c1-20(7-8-20)12-26-17-6-2-5-16(25)18(17)15-10-14(23-19(21)24-15)13-4-3-9-22-11-13/h2,5-6,10,13,22,25H,3-4,7-9,11-12H2,1H3,(H2,21,23,24). The van der Waals surface area contributed by atoms with Crippen molar-refractivity contribution in [3.05, 3.63) is 30.0 Å². The van der Waals surface area contributed by atoms with Crippen LogP contribution in [-0.2, 0) is 0 Å². The van der Waals surface area contributed by atoms with E-state index in [4.69, 9.17) is 10.5 Å². The quantitative estimate of drug-likeness (QED) is 0.764. The summed E-state index contributed by atoms with van der Waals surface area (Å²) < 4.78 is 6.05. The lowest BCUT2D eigenvalue weighted by molar-refractivity contribution is 0.247. The molecule has 6 nitrogen and oxygen atoms in total. The summed E-state index contributed by atoms with van der Waals surface area (Å²) in [6, 6.07) is 7.26. The number of nitrogens with zero attached hydrogens (tertiary/aromatic N) is 2. The zero-order valence-electron chi connectivity index (χ0n) is 15.2. The van der Waals surface area contributed by atoms with Crippen molar-refractivity contribution < 1.29 is 9.84 Å². The van der Waals surface area contributed by atoms with Crippen molar-refractivity contribution >= 4 is 5.95 Å². The Hall–Kier alpha value is -2.34. The van der Waals surface area contributed by atoms with Gasteiger partial charge in [0.15, 0.2) is 0 Å². The molecule has 138 valence electrons. The van der Waals surface area contributed by atoms with Crippen molar-refractivity contribution in [2.75, 3.05) is 25.4 Å². The number of phenols is 1. The Balaban J connectivity index is 1.68. The molecule has 1 saturated heterocycles. The molecule has 2 heterocycles.